The van der Waals surface area contributed by atoms with Crippen molar-refractivity contribution >= 4 is 12.0 Å². The van der Waals surface area contributed by atoms with Gasteiger partial charge >= 0.3 is 5.97 Å². The molecule has 0 heterocycles. The largest absolute Gasteiger partial charge is 0.482 e. The molecule has 0 saturated carbocycles. The number of hydrogen-bond donors (Lipinski definition) is 0. The van der Waals surface area contributed by atoms with Crippen LogP contribution in [0.25, 0.3) is 6.08 Å². The van der Waals surface area contributed by atoms with E-state index in [0.717, 1.165) is 5.56 Å². The van der Waals surface area contributed by atoms with Gasteiger partial charge in [-0.25, -0.2) is 4.79 Å². The summed E-state index contributed by atoms with van der Waals surface area (Å²) >= 11 is 0. The first-order valence-corrected chi connectivity index (χ1v) is 8.07. The lowest BCUT2D eigenvalue weighted by atomic mass is 10.0. The number of esters is 1. The Morgan fingerprint density at radius 1 is 1.08 bits per heavy atom. The second-order valence-corrected chi connectivity index (χ2v) is 5.84. The summed E-state index contributed by atoms with van der Waals surface area (Å²) < 4.78 is 10.7. The fraction of sp³-hybridized carbons (Fsp3) is 0.190. The van der Waals surface area contributed by atoms with Crippen molar-refractivity contribution in [2.45, 2.75) is 19.8 Å². The topological polar surface area (TPSA) is 83.1 Å². The molecule has 26 heavy (non-hydrogen) atoms. The molecule has 0 atom stereocenters. The van der Waals surface area contributed by atoms with Crippen molar-refractivity contribution in [1.29, 1.82) is 10.5 Å². The molecule has 0 saturated heterocycles. The minimum Gasteiger partial charge on any atom is -0.482 e. The summed E-state index contributed by atoms with van der Waals surface area (Å²) in [5, 5.41) is 17.5. The summed E-state index contributed by atoms with van der Waals surface area (Å²) in [6.07, 6.45) is 1.45. The Morgan fingerprint density at radius 3 is 2.38 bits per heavy atom. The van der Waals surface area contributed by atoms with Crippen LogP contribution in [0.15, 0.2) is 54.1 Å². The zero-order valence-electron chi connectivity index (χ0n) is 14.6. The summed E-state index contributed by atoms with van der Waals surface area (Å²) in [6, 6.07) is 17.7. The van der Waals surface area contributed by atoms with Crippen molar-refractivity contribution in [3.8, 4) is 23.6 Å². The van der Waals surface area contributed by atoms with Crippen LogP contribution in [0.4, 0.5) is 0 Å². The average Bonchev–Trinajstić information content (AvgIpc) is 2.66. The second kappa shape index (κ2) is 9.05. The van der Waals surface area contributed by atoms with Crippen LogP contribution in [0.2, 0.25) is 0 Å². The predicted molar refractivity (Wildman–Crippen MR) is 97.3 cm³/mol. The summed E-state index contributed by atoms with van der Waals surface area (Å²) in [5.74, 6) is 0.843. The number of hydrogen-bond acceptors (Lipinski definition) is 5. The number of carbonyl (C=O) groups excluding carboxylic acids is 1. The third kappa shape index (κ3) is 5.51. The lowest BCUT2D eigenvalue weighted by Gasteiger charge is -2.10. The Bertz CT molecular complexity index is 869. The standard InChI is InChI=1S/C21H18N2O3/c1-15(2)18-4-3-5-20(11-18)25-14-21(24)26-19-8-6-16(7-9-19)10-17(12-22)13-23/h3-11,15H,14H2,1-2H3. The molecule has 0 aliphatic carbocycles. The van der Waals surface area contributed by atoms with Gasteiger partial charge in [0.1, 0.15) is 29.2 Å². The van der Waals surface area contributed by atoms with E-state index in [1.54, 1.807) is 42.5 Å². The molecule has 5 nitrogen and oxygen atoms in total. The first-order chi connectivity index (χ1) is 12.5. The maximum absolute atomic E-state index is 11.9. The fourth-order valence-corrected chi connectivity index (χ4v) is 2.15. The van der Waals surface area contributed by atoms with Crippen LogP contribution in [-0.4, -0.2) is 12.6 Å². The molecule has 0 radical (unpaired) electrons. The molecule has 0 N–H and O–H groups in total. The maximum atomic E-state index is 11.9. The van der Waals surface area contributed by atoms with Crippen molar-refractivity contribution in [3.63, 3.8) is 0 Å². The van der Waals surface area contributed by atoms with E-state index in [1.165, 1.54) is 6.08 Å². The molecular formula is C21H18N2O3. The average molecular weight is 346 g/mol. The van der Waals surface area contributed by atoms with Gasteiger partial charge in [-0.05, 0) is 47.4 Å². The number of nitriles is 2. The number of allylic oxidation sites excluding steroid dienone is 1. The lowest BCUT2D eigenvalue weighted by molar-refractivity contribution is -0.136. The molecule has 0 aliphatic heterocycles. The quantitative estimate of drug-likeness (QED) is 0.444. The Labute approximate surface area is 152 Å². The van der Waals surface area contributed by atoms with Crippen molar-refractivity contribution < 1.29 is 14.3 Å². The van der Waals surface area contributed by atoms with Gasteiger partial charge in [0.05, 0.1) is 0 Å². The highest BCUT2D eigenvalue weighted by atomic mass is 16.6. The van der Waals surface area contributed by atoms with Crippen LogP contribution in [0.1, 0.15) is 30.9 Å². The van der Waals surface area contributed by atoms with Gasteiger partial charge in [-0.15, -0.1) is 0 Å². The number of rotatable bonds is 6. The van der Waals surface area contributed by atoms with E-state index in [1.807, 2.05) is 18.2 Å². The fourth-order valence-electron chi connectivity index (χ4n) is 2.15. The molecule has 5 heteroatoms. The van der Waals surface area contributed by atoms with Crippen molar-refractivity contribution in [2.24, 2.45) is 0 Å². The molecule has 2 aromatic rings. The third-order valence-corrected chi connectivity index (χ3v) is 3.55. The van der Waals surface area contributed by atoms with Crippen LogP contribution in [0.5, 0.6) is 11.5 Å². The second-order valence-electron chi connectivity index (χ2n) is 5.84. The molecular weight excluding hydrogens is 328 g/mol. The van der Waals surface area contributed by atoms with Gasteiger partial charge < -0.3 is 9.47 Å². The molecule has 0 aliphatic rings. The van der Waals surface area contributed by atoms with Gasteiger partial charge in [-0.1, -0.05) is 38.1 Å². The van der Waals surface area contributed by atoms with Crippen molar-refractivity contribution in [2.75, 3.05) is 6.61 Å². The zero-order chi connectivity index (χ0) is 18.9. The van der Waals surface area contributed by atoms with Gasteiger partial charge in [-0.3, -0.25) is 0 Å². The summed E-state index contributed by atoms with van der Waals surface area (Å²) in [4.78, 5) is 11.9. The summed E-state index contributed by atoms with van der Waals surface area (Å²) in [7, 11) is 0. The monoisotopic (exact) mass is 346 g/mol. The SMILES string of the molecule is CC(C)c1cccc(OCC(=O)Oc2ccc(C=C(C#N)C#N)cc2)c1. The molecule has 0 bridgehead atoms. The molecule has 2 aromatic carbocycles. The Morgan fingerprint density at radius 2 is 1.77 bits per heavy atom. The Balaban J connectivity index is 1.92. The van der Waals surface area contributed by atoms with Crippen LogP contribution < -0.4 is 9.47 Å². The van der Waals surface area contributed by atoms with Gasteiger partial charge in [-0.2, -0.15) is 10.5 Å². The third-order valence-electron chi connectivity index (χ3n) is 3.55. The molecule has 0 unspecified atom stereocenters. The van der Waals surface area contributed by atoms with Gasteiger partial charge in [0.25, 0.3) is 0 Å². The van der Waals surface area contributed by atoms with Crippen LogP contribution >= 0.6 is 0 Å². The molecule has 2 rings (SSSR count). The highest BCUT2D eigenvalue weighted by Gasteiger charge is 2.07. The first kappa shape index (κ1) is 18.8. The highest BCUT2D eigenvalue weighted by Crippen LogP contribution is 2.20. The molecule has 0 aromatic heterocycles. The van der Waals surface area contributed by atoms with Gasteiger partial charge in [0.15, 0.2) is 6.61 Å². The maximum Gasteiger partial charge on any atom is 0.349 e. The first-order valence-electron chi connectivity index (χ1n) is 8.07. The number of benzene rings is 2. The number of nitrogens with zero attached hydrogens (tertiary/aromatic N) is 2. The number of carbonyl (C=O) groups is 1. The van der Waals surface area contributed by atoms with E-state index in [0.29, 0.717) is 23.0 Å². The van der Waals surface area contributed by atoms with Crippen molar-refractivity contribution in [1.82, 2.24) is 0 Å². The van der Waals surface area contributed by atoms with E-state index in [2.05, 4.69) is 13.8 Å². The van der Waals surface area contributed by atoms with E-state index in [4.69, 9.17) is 20.0 Å². The molecule has 0 spiro atoms. The minimum absolute atomic E-state index is 0.00627. The van der Waals surface area contributed by atoms with E-state index in [9.17, 15) is 4.79 Å². The summed E-state index contributed by atoms with van der Waals surface area (Å²) in [6.45, 7) is 3.97. The summed E-state index contributed by atoms with van der Waals surface area (Å²) in [5.41, 5.74) is 1.81. The van der Waals surface area contributed by atoms with Gasteiger partial charge in [0, 0.05) is 0 Å². The highest BCUT2D eigenvalue weighted by molar-refractivity contribution is 5.74. The van der Waals surface area contributed by atoms with Crippen LogP contribution in [0, 0.1) is 22.7 Å². The Kier molecular flexibility index (Phi) is 6.53. The predicted octanol–water partition coefficient (Wildman–Crippen LogP) is 4.22. The molecule has 0 amide bonds. The van der Waals surface area contributed by atoms with Crippen LogP contribution in [-0.2, 0) is 4.79 Å². The van der Waals surface area contributed by atoms with E-state index < -0.39 is 5.97 Å². The smallest absolute Gasteiger partial charge is 0.349 e. The molecule has 130 valence electrons. The van der Waals surface area contributed by atoms with E-state index in [-0.39, 0.29) is 12.2 Å². The van der Waals surface area contributed by atoms with Crippen LogP contribution in [0.3, 0.4) is 0 Å². The zero-order valence-corrected chi connectivity index (χ0v) is 14.6. The molecule has 0 fully saturated rings. The van der Waals surface area contributed by atoms with Gasteiger partial charge in [0.2, 0.25) is 0 Å². The Hall–Kier alpha value is -3.57. The lowest BCUT2D eigenvalue weighted by Crippen LogP contribution is -2.17. The minimum atomic E-state index is -0.516. The number of ether oxygens (including phenoxy) is 2. The normalized spacial score (nSPS) is 9.73. The van der Waals surface area contributed by atoms with E-state index >= 15 is 0 Å². The van der Waals surface area contributed by atoms with Crippen molar-refractivity contribution in [3.05, 3.63) is 65.2 Å².